The summed E-state index contributed by atoms with van der Waals surface area (Å²) in [4.78, 5) is 14.2. The molecule has 0 bridgehead atoms. The number of nitrogens with one attached hydrogen (secondary N) is 1. The van der Waals surface area contributed by atoms with Gasteiger partial charge in [-0.2, -0.15) is 0 Å². The maximum atomic E-state index is 12.1. The van der Waals surface area contributed by atoms with Crippen molar-refractivity contribution in [3.8, 4) is 0 Å². The summed E-state index contributed by atoms with van der Waals surface area (Å²) in [5.41, 5.74) is 0. The summed E-state index contributed by atoms with van der Waals surface area (Å²) in [7, 11) is 0. The van der Waals surface area contributed by atoms with E-state index in [-0.39, 0.29) is 18.0 Å². The van der Waals surface area contributed by atoms with Crippen LogP contribution in [0.5, 0.6) is 0 Å². The lowest BCUT2D eigenvalue weighted by Gasteiger charge is -2.37. The lowest BCUT2D eigenvalue weighted by Crippen LogP contribution is -2.50. The second-order valence-electron chi connectivity index (χ2n) is 5.58. The fraction of sp³-hybridized carbons (Fsp3) is 0.667. The van der Waals surface area contributed by atoms with Crippen molar-refractivity contribution in [3.05, 3.63) is 24.2 Å². The van der Waals surface area contributed by atoms with Crippen LogP contribution in [0.3, 0.4) is 0 Å². The minimum Gasteiger partial charge on any atom is -0.467 e. The van der Waals surface area contributed by atoms with Crippen LogP contribution in [0.25, 0.3) is 0 Å². The second-order valence-corrected chi connectivity index (χ2v) is 5.58. The van der Waals surface area contributed by atoms with Gasteiger partial charge in [0.1, 0.15) is 5.76 Å². The van der Waals surface area contributed by atoms with Gasteiger partial charge in [-0.1, -0.05) is 6.42 Å². The largest absolute Gasteiger partial charge is 0.467 e. The molecule has 3 atom stereocenters. The Labute approximate surface area is 119 Å². The standard InChI is InChI=1S/C15H24N2O3/c1-11(14-7-5-9-20-14)16-15(19)10-17-8-4-3-6-13(17)12(2)18/h5,7,9,11-13,18H,3-4,6,8,10H2,1-2H3,(H,16,19). The van der Waals surface area contributed by atoms with Gasteiger partial charge in [0, 0.05) is 6.04 Å². The fourth-order valence-corrected chi connectivity index (χ4v) is 2.84. The number of hydrogen-bond acceptors (Lipinski definition) is 4. The number of piperidine rings is 1. The summed E-state index contributed by atoms with van der Waals surface area (Å²) in [5, 5.41) is 12.7. The van der Waals surface area contributed by atoms with Crippen LogP contribution >= 0.6 is 0 Å². The summed E-state index contributed by atoms with van der Waals surface area (Å²) < 4.78 is 5.28. The van der Waals surface area contributed by atoms with Crippen LogP contribution in [-0.4, -0.2) is 41.1 Å². The first-order chi connectivity index (χ1) is 9.58. The van der Waals surface area contributed by atoms with Crippen molar-refractivity contribution in [2.24, 2.45) is 0 Å². The van der Waals surface area contributed by atoms with E-state index in [4.69, 9.17) is 4.42 Å². The zero-order valence-corrected chi connectivity index (χ0v) is 12.2. The van der Waals surface area contributed by atoms with Gasteiger partial charge >= 0.3 is 0 Å². The molecular formula is C15H24N2O3. The molecule has 3 unspecified atom stereocenters. The molecule has 0 radical (unpaired) electrons. The van der Waals surface area contributed by atoms with Crippen LogP contribution in [-0.2, 0) is 4.79 Å². The van der Waals surface area contributed by atoms with Crippen molar-refractivity contribution in [3.63, 3.8) is 0 Å². The average molecular weight is 280 g/mol. The number of rotatable bonds is 5. The van der Waals surface area contributed by atoms with Crippen molar-refractivity contribution >= 4 is 5.91 Å². The summed E-state index contributed by atoms with van der Waals surface area (Å²) in [6.07, 6.45) is 4.37. The zero-order chi connectivity index (χ0) is 14.5. The molecule has 20 heavy (non-hydrogen) atoms. The highest BCUT2D eigenvalue weighted by Crippen LogP contribution is 2.19. The van der Waals surface area contributed by atoms with E-state index in [2.05, 4.69) is 10.2 Å². The van der Waals surface area contributed by atoms with Crippen molar-refractivity contribution in [1.29, 1.82) is 0 Å². The van der Waals surface area contributed by atoms with E-state index in [0.29, 0.717) is 6.54 Å². The third kappa shape index (κ3) is 3.84. The molecule has 0 aliphatic carbocycles. The third-order valence-electron chi connectivity index (χ3n) is 3.92. The highest BCUT2D eigenvalue weighted by molar-refractivity contribution is 5.78. The Morgan fingerprint density at radius 1 is 1.55 bits per heavy atom. The lowest BCUT2D eigenvalue weighted by atomic mass is 9.98. The maximum absolute atomic E-state index is 12.1. The topological polar surface area (TPSA) is 65.7 Å². The van der Waals surface area contributed by atoms with Gasteiger partial charge in [0.15, 0.2) is 0 Å². The molecule has 2 N–H and O–H groups in total. The van der Waals surface area contributed by atoms with E-state index in [1.54, 1.807) is 13.2 Å². The molecule has 1 aromatic heterocycles. The van der Waals surface area contributed by atoms with Gasteiger partial charge in [-0.25, -0.2) is 0 Å². The van der Waals surface area contributed by atoms with Gasteiger partial charge in [0.2, 0.25) is 5.91 Å². The first-order valence-corrected chi connectivity index (χ1v) is 7.33. The summed E-state index contributed by atoms with van der Waals surface area (Å²) in [5.74, 6) is 0.727. The maximum Gasteiger partial charge on any atom is 0.234 e. The number of aliphatic hydroxyl groups is 1. The molecule has 1 aliphatic heterocycles. The number of furan rings is 1. The molecule has 1 aliphatic rings. The van der Waals surface area contributed by atoms with Crippen LogP contribution in [0.15, 0.2) is 22.8 Å². The third-order valence-corrected chi connectivity index (χ3v) is 3.92. The van der Waals surface area contributed by atoms with Crippen molar-refractivity contribution < 1.29 is 14.3 Å². The van der Waals surface area contributed by atoms with E-state index in [0.717, 1.165) is 31.6 Å². The molecule has 1 aromatic rings. The molecule has 2 heterocycles. The summed E-state index contributed by atoms with van der Waals surface area (Å²) in [6.45, 7) is 4.91. The Morgan fingerprint density at radius 3 is 3.00 bits per heavy atom. The quantitative estimate of drug-likeness (QED) is 0.861. The van der Waals surface area contributed by atoms with Crippen molar-refractivity contribution in [2.45, 2.75) is 51.3 Å². The van der Waals surface area contributed by atoms with E-state index < -0.39 is 6.10 Å². The van der Waals surface area contributed by atoms with Crippen molar-refractivity contribution in [2.75, 3.05) is 13.1 Å². The fourth-order valence-electron chi connectivity index (χ4n) is 2.84. The summed E-state index contributed by atoms with van der Waals surface area (Å²) in [6, 6.07) is 3.62. The molecule has 0 aromatic carbocycles. The molecule has 0 saturated carbocycles. The first-order valence-electron chi connectivity index (χ1n) is 7.33. The SMILES string of the molecule is CC(NC(=O)CN1CCCCC1C(C)O)c1ccco1. The Bertz CT molecular complexity index is 417. The second kappa shape index (κ2) is 6.90. The summed E-state index contributed by atoms with van der Waals surface area (Å²) >= 11 is 0. The number of carbonyl (C=O) groups excluding carboxylic acids is 1. The molecule has 1 saturated heterocycles. The Balaban J connectivity index is 1.86. The normalized spacial score (nSPS) is 23.2. The van der Waals surface area contributed by atoms with E-state index in [9.17, 15) is 9.90 Å². The monoisotopic (exact) mass is 280 g/mol. The predicted octanol–water partition coefficient (Wildman–Crippen LogP) is 1.69. The Morgan fingerprint density at radius 2 is 2.35 bits per heavy atom. The van der Waals surface area contributed by atoms with Gasteiger partial charge in [0.25, 0.3) is 0 Å². The lowest BCUT2D eigenvalue weighted by molar-refractivity contribution is -0.124. The average Bonchev–Trinajstić information content (AvgIpc) is 2.92. The number of amides is 1. The molecule has 5 heteroatoms. The Hall–Kier alpha value is -1.33. The smallest absolute Gasteiger partial charge is 0.234 e. The molecule has 1 amide bonds. The molecule has 1 fully saturated rings. The van der Waals surface area contributed by atoms with Crippen LogP contribution in [0.1, 0.15) is 44.9 Å². The zero-order valence-electron chi connectivity index (χ0n) is 12.2. The molecule has 2 rings (SSSR count). The van der Waals surface area contributed by atoms with Gasteiger partial charge in [0.05, 0.1) is 25.0 Å². The van der Waals surface area contributed by atoms with E-state index in [1.807, 2.05) is 19.1 Å². The minimum absolute atomic E-state index is 0.0264. The molecule has 112 valence electrons. The van der Waals surface area contributed by atoms with Crippen LogP contribution in [0.4, 0.5) is 0 Å². The Kier molecular flexibility index (Phi) is 5.20. The highest BCUT2D eigenvalue weighted by Gasteiger charge is 2.28. The molecule has 5 nitrogen and oxygen atoms in total. The van der Waals surface area contributed by atoms with Gasteiger partial charge in [-0.3, -0.25) is 9.69 Å². The van der Waals surface area contributed by atoms with Gasteiger partial charge in [-0.05, 0) is 45.4 Å². The predicted molar refractivity (Wildman–Crippen MR) is 76.2 cm³/mol. The van der Waals surface area contributed by atoms with Gasteiger partial charge < -0.3 is 14.8 Å². The van der Waals surface area contributed by atoms with Crippen LogP contribution in [0.2, 0.25) is 0 Å². The highest BCUT2D eigenvalue weighted by atomic mass is 16.3. The number of hydrogen-bond donors (Lipinski definition) is 2. The van der Waals surface area contributed by atoms with E-state index >= 15 is 0 Å². The number of carbonyl (C=O) groups is 1. The first kappa shape index (κ1) is 15.1. The number of nitrogens with zero attached hydrogens (tertiary/aromatic N) is 1. The van der Waals surface area contributed by atoms with Gasteiger partial charge in [-0.15, -0.1) is 0 Å². The minimum atomic E-state index is -0.398. The van der Waals surface area contributed by atoms with Crippen molar-refractivity contribution in [1.82, 2.24) is 10.2 Å². The number of likely N-dealkylation sites (tertiary alicyclic amines) is 1. The molecule has 0 spiro atoms. The number of aliphatic hydroxyl groups excluding tert-OH is 1. The molecular weight excluding hydrogens is 256 g/mol. The van der Waals surface area contributed by atoms with Crippen LogP contribution < -0.4 is 5.32 Å². The van der Waals surface area contributed by atoms with E-state index in [1.165, 1.54) is 0 Å². The van der Waals surface area contributed by atoms with Crippen LogP contribution in [0, 0.1) is 0 Å².